The third-order valence-corrected chi connectivity index (χ3v) is 6.02. The van der Waals surface area contributed by atoms with Gasteiger partial charge in [-0.15, -0.1) is 0 Å². The number of amides is 1. The van der Waals surface area contributed by atoms with Crippen molar-refractivity contribution in [2.75, 3.05) is 39.8 Å². The molecule has 5 heteroatoms. The average molecular weight is 406 g/mol. The number of nitrogens with one attached hydrogen (secondary N) is 3. The number of carbonyl (C=O) groups excluding carboxylic acids is 1. The Morgan fingerprint density at radius 1 is 0.933 bits per heavy atom. The quantitative estimate of drug-likeness (QED) is 0.535. The van der Waals surface area contributed by atoms with Gasteiger partial charge in [0.05, 0.1) is 7.11 Å². The van der Waals surface area contributed by atoms with E-state index in [0.29, 0.717) is 13.1 Å². The molecule has 1 saturated heterocycles. The molecular weight excluding hydrogens is 374 g/mol. The molecule has 0 spiro atoms. The normalized spacial score (nSPS) is 18.8. The molecule has 0 aliphatic carbocycles. The molecule has 1 amide bonds. The predicted octanol–water partition coefficient (Wildman–Crippen LogP) is 0.448. The third-order valence-electron chi connectivity index (χ3n) is 6.02. The van der Waals surface area contributed by atoms with Crippen molar-refractivity contribution in [1.29, 1.82) is 0 Å². The lowest BCUT2D eigenvalue weighted by atomic mass is 10.0. The first kappa shape index (κ1) is 20.4. The lowest BCUT2D eigenvalue weighted by molar-refractivity contribution is -1.02. The van der Waals surface area contributed by atoms with Crippen LogP contribution in [0.4, 0.5) is 0 Å². The Bertz CT molecular complexity index is 991. The van der Waals surface area contributed by atoms with Crippen molar-refractivity contribution in [3.8, 4) is 5.75 Å². The van der Waals surface area contributed by atoms with Crippen LogP contribution < -0.4 is 19.9 Å². The van der Waals surface area contributed by atoms with Crippen molar-refractivity contribution in [3.05, 3.63) is 77.9 Å². The smallest absolute Gasteiger partial charge is 0.275 e. The molecule has 3 aromatic carbocycles. The molecule has 5 nitrogen and oxygen atoms in total. The topological polar surface area (TPSA) is 47.2 Å². The second-order valence-electron chi connectivity index (χ2n) is 8.12. The van der Waals surface area contributed by atoms with Gasteiger partial charge in [-0.3, -0.25) is 4.79 Å². The van der Waals surface area contributed by atoms with Gasteiger partial charge in [-0.1, -0.05) is 54.6 Å². The van der Waals surface area contributed by atoms with Crippen LogP contribution in [0.3, 0.4) is 0 Å². The molecule has 0 bridgehead atoms. The number of carbonyl (C=O) groups is 1. The number of fused-ring (bicyclic) bond motifs is 1. The molecule has 3 aromatic rings. The molecule has 156 valence electrons. The fraction of sp³-hybridized carbons (Fsp3) is 0.320. The monoisotopic (exact) mass is 405 g/mol. The van der Waals surface area contributed by atoms with E-state index in [4.69, 9.17) is 4.74 Å². The number of piperazine rings is 1. The Balaban J connectivity index is 1.24. The predicted molar refractivity (Wildman–Crippen MR) is 119 cm³/mol. The molecular formula is C25H31N3O2+2. The van der Waals surface area contributed by atoms with Gasteiger partial charge in [-0.05, 0) is 28.5 Å². The Morgan fingerprint density at radius 3 is 2.50 bits per heavy atom. The Kier molecular flexibility index (Phi) is 6.62. The van der Waals surface area contributed by atoms with Crippen LogP contribution >= 0.6 is 0 Å². The Hall–Kier alpha value is -2.89. The number of rotatable bonds is 7. The molecule has 0 radical (unpaired) electrons. The van der Waals surface area contributed by atoms with E-state index in [-0.39, 0.29) is 5.91 Å². The molecule has 30 heavy (non-hydrogen) atoms. The van der Waals surface area contributed by atoms with E-state index in [1.54, 1.807) is 12.0 Å². The lowest BCUT2D eigenvalue weighted by Gasteiger charge is -2.29. The van der Waals surface area contributed by atoms with Crippen LogP contribution in [0.1, 0.15) is 11.1 Å². The van der Waals surface area contributed by atoms with Crippen LogP contribution in [0, 0.1) is 0 Å². The summed E-state index contributed by atoms with van der Waals surface area (Å²) < 4.78 is 5.24. The molecule has 1 aliphatic heterocycles. The summed E-state index contributed by atoms with van der Waals surface area (Å²) in [5.74, 6) is 0.933. The zero-order chi connectivity index (χ0) is 20.8. The van der Waals surface area contributed by atoms with Gasteiger partial charge >= 0.3 is 0 Å². The van der Waals surface area contributed by atoms with Crippen molar-refractivity contribution in [2.45, 2.75) is 13.1 Å². The van der Waals surface area contributed by atoms with E-state index in [0.717, 1.165) is 44.0 Å². The molecule has 4 rings (SSSR count). The van der Waals surface area contributed by atoms with Crippen LogP contribution in [0.25, 0.3) is 10.8 Å². The first-order chi connectivity index (χ1) is 14.7. The van der Waals surface area contributed by atoms with Crippen LogP contribution in [-0.2, 0) is 17.9 Å². The first-order valence-corrected chi connectivity index (χ1v) is 10.7. The number of hydrogen-bond acceptors (Lipinski definition) is 2. The van der Waals surface area contributed by atoms with Gasteiger partial charge in [0.15, 0.2) is 6.54 Å². The number of hydrogen-bond donors (Lipinski definition) is 3. The standard InChI is InChI=1S/C25H29N3O2/c1-30-23-10-4-6-20(16-23)17-26-25(29)19-28-14-12-27(13-15-28)18-22-9-5-8-21-7-2-3-11-24(21)22/h2-11,16H,12-15,17-19H2,1H3,(H,26,29)/p+2. The van der Waals surface area contributed by atoms with Crippen molar-refractivity contribution < 1.29 is 19.3 Å². The van der Waals surface area contributed by atoms with E-state index in [1.807, 2.05) is 24.3 Å². The number of methoxy groups -OCH3 is 1. The van der Waals surface area contributed by atoms with Crippen LogP contribution in [0.2, 0.25) is 0 Å². The lowest BCUT2D eigenvalue weighted by Crippen LogP contribution is -3.28. The van der Waals surface area contributed by atoms with Crippen LogP contribution in [-0.4, -0.2) is 45.7 Å². The van der Waals surface area contributed by atoms with E-state index < -0.39 is 0 Å². The van der Waals surface area contributed by atoms with Gasteiger partial charge in [-0.25, -0.2) is 0 Å². The summed E-state index contributed by atoms with van der Waals surface area (Å²) >= 11 is 0. The molecule has 3 N–H and O–H groups in total. The summed E-state index contributed by atoms with van der Waals surface area (Å²) in [4.78, 5) is 15.4. The van der Waals surface area contributed by atoms with Gasteiger partial charge < -0.3 is 19.9 Å². The van der Waals surface area contributed by atoms with Gasteiger partial charge in [0.1, 0.15) is 38.5 Å². The molecule has 0 aromatic heterocycles. The minimum absolute atomic E-state index is 0.116. The first-order valence-electron chi connectivity index (χ1n) is 10.7. The highest BCUT2D eigenvalue weighted by atomic mass is 16.5. The van der Waals surface area contributed by atoms with Crippen molar-refractivity contribution >= 4 is 16.7 Å². The summed E-state index contributed by atoms with van der Waals surface area (Å²) in [6.45, 7) is 6.41. The second-order valence-corrected chi connectivity index (χ2v) is 8.12. The maximum Gasteiger partial charge on any atom is 0.275 e. The van der Waals surface area contributed by atoms with Gasteiger partial charge in [0.25, 0.3) is 5.91 Å². The fourth-order valence-electron chi connectivity index (χ4n) is 4.30. The van der Waals surface area contributed by atoms with E-state index in [9.17, 15) is 4.79 Å². The van der Waals surface area contributed by atoms with Crippen molar-refractivity contribution in [3.63, 3.8) is 0 Å². The molecule has 1 fully saturated rings. The molecule has 1 aliphatic rings. The zero-order valence-corrected chi connectivity index (χ0v) is 17.6. The van der Waals surface area contributed by atoms with Gasteiger partial charge in [-0.2, -0.15) is 0 Å². The summed E-state index contributed by atoms with van der Waals surface area (Å²) in [5, 5.41) is 5.72. The molecule has 0 unspecified atom stereocenters. The summed E-state index contributed by atoms with van der Waals surface area (Å²) in [6, 6.07) is 23.0. The largest absolute Gasteiger partial charge is 0.497 e. The van der Waals surface area contributed by atoms with Gasteiger partial charge in [0, 0.05) is 12.1 Å². The molecule has 0 saturated carbocycles. The highest BCUT2D eigenvalue weighted by Gasteiger charge is 2.25. The summed E-state index contributed by atoms with van der Waals surface area (Å²) in [5.41, 5.74) is 2.48. The fourth-order valence-corrected chi connectivity index (χ4v) is 4.30. The maximum absolute atomic E-state index is 12.4. The minimum Gasteiger partial charge on any atom is -0.497 e. The highest BCUT2D eigenvalue weighted by molar-refractivity contribution is 5.85. The van der Waals surface area contributed by atoms with Crippen molar-refractivity contribution in [2.24, 2.45) is 0 Å². The molecule has 1 heterocycles. The van der Waals surface area contributed by atoms with Gasteiger partial charge in [0.2, 0.25) is 0 Å². The highest BCUT2D eigenvalue weighted by Crippen LogP contribution is 2.17. The number of quaternary nitrogens is 2. The van der Waals surface area contributed by atoms with Crippen LogP contribution in [0.5, 0.6) is 5.75 Å². The second kappa shape index (κ2) is 9.74. The zero-order valence-electron chi connectivity index (χ0n) is 17.6. The van der Waals surface area contributed by atoms with Crippen LogP contribution in [0.15, 0.2) is 66.7 Å². The third kappa shape index (κ3) is 5.17. The van der Waals surface area contributed by atoms with E-state index >= 15 is 0 Å². The average Bonchev–Trinajstić information content (AvgIpc) is 2.79. The molecule has 0 atom stereocenters. The maximum atomic E-state index is 12.4. The van der Waals surface area contributed by atoms with E-state index in [2.05, 4.69) is 47.8 Å². The minimum atomic E-state index is 0.116. The van der Waals surface area contributed by atoms with E-state index in [1.165, 1.54) is 21.2 Å². The number of ether oxygens (including phenoxy) is 1. The Morgan fingerprint density at radius 2 is 1.67 bits per heavy atom. The van der Waals surface area contributed by atoms with Crippen molar-refractivity contribution in [1.82, 2.24) is 5.32 Å². The Labute approximate surface area is 178 Å². The SMILES string of the molecule is COc1cccc(CNC(=O)C[NH+]2CC[NH+](Cc3cccc4ccccc34)CC2)c1. The number of benzene rings is 3. The summed E-state index contributed by atoms with van der Waals surface area (Å²) in [7, 11) is 1.66. The summed E-state index contributed by atoms with van der Waals surface area (Å²) in [6.07, 6.45) is 0.